The van der Waals surface area contributed by atoms with Gasteiger partial charge in [0.15, 0.2) is 0 Å². The van der Waals surface area contributed by atoms with Crippen molar-refractivity contribution in [1.82, 2.24) is 10.2 Å². The van der Waals surface area contributed by atoms with Crippen molar-refractivity contribution < 1.29 is 0 Å². The van der Waals surface area contributed by atoms with Gasteiger partial charge in [0.1, 0.15) is 0 Å². The summed E-state index contributed by atoms with van der Waals surface area (Å²) in [6.07, 6.45) is 10.6. The second-order valence-electron chi connectivity index (χ2n) is 8.05. The Bertz CT molecular complexity index is 334. The monoisotopic (exact) mass is 276 g/mol. The number of hydrogen-bond acceptors (Lipinski definition) is 2. The molecule has 0 aromatic heterocycles. The van der Waals surface area contributed by atoms with Gasteiger partial charge in [0.05, 0.1) is 0 Å². The van der Waals surface area contributed by atoms with E-state index in [2.05, 4.69) is 17.1 Å². The molecule has 2 nitrogen and oxygen atoms in total. The fourth-order valence-corrected chi connectivity index (χ4v) is 6.13. The first kappa shape index (κ1) is 13.6. The lowest BCUT2D eigenvalue weighted by Gasteiger charge is -2.35. The highest BCUT2D eigenvalue weighted by molar-refractivity contribution is 5.05. The standard InChI is InChI=1S/C18H32N2/c1-2-20-8-6-13(7-9-20)12-19-18-11-14-10-17(18)16-5-3-4-15(14)16/h13-19H,2-12H2,1H3. The first-order valence-corrected chi connectivity index (χ1v) is 9.31. The van der Waals surface area contributed by atoms with Gasteiger partial charge in [0.25, 0.3) is 0 Å². The van der Waals surface area contributed by atoms with Crippen LogP contribution in [0.1, 0.15) is 51.9 Å². The summed E-state index contributed by atoms with van der Waals surface area (Å²) in [4.78, 5) is 2.61. The fourth-order valence-electron chi connectivity index (χ4n) is 6.13. The van der Waals surface area contributed by atoms with E-state index in [0.29, 0.717) is 0 Å². The minimum absolute atomic E-state index is 0.892. The predicted molar refractivity (Wildman–Crippen MR) is 83.7 cm³/mol. The Labute approximate surface area is 124 Å². The quantitative estimate of drug-likeness (QED) is 0.848. The van der Waals surface area contributed by atoms with Crippen LogP contribution in [0.2, 0.25) is 0 Å². The lowest BCUT2D eigenvalue weighted by molar-refractivity contribution is 0.169. The maximum atomic E-state index is 4.01. The molecule has 0 spiro atoms. The lowest BCUT2D eigenvalue weighted by Crippen LogP contribution is -2.43. The van der Waals surface area contributed by atoms with Gasteiger partial charge < -0.3 is 10.2 Å². The summed E-state index contributed by atoms with van der Waals surface area (Å²) >= 11 is 0. The zero-order chi connectivity index (χ0) is 13.5. The third kappa shape index (κ3) is 2.33. The number of nitrogens with one attached hydrogen (secondary N) is 1. The van der Waals surface area contributed by atoms with Gasteiger partial charge in [-0.25, -0.2) is 0 Å². The number of nitrogens with zero attached hydrogens (tertiary/aromatic N) is 1. The van der Waals surface area contributed by atoms with E-state index in [4.69, 9.17) is 0 Å². The van der Waals surface area contributed by atoms with Crippen molar-refractivity contribution in [3.8, 4) is 0 Å². The number of piperidine rings is 1. The molecule has 0 aromatic rings. The minimum Gasteiger partial charge on any atom is -0.313 e. The number of rotatable bonds is 4. The Hall–Kier alpha value is -0.0800. The second-order valence-corrected chi connectivity index (χ2v) is 8.05. The third-order valence-electron chi connectivity index (χ3n) is 7.25. The maximum Gasteiger partial charge on any atom is 0.0101 e. The minimum atomic E-state index is 0.892. The van der Waals surface area contributed by atoms with Gasteiger partial charge >= 0.3 is 0 Å². The van der Waals surface area contributed by atoms with Gasteiger partial charge in [-0.15, -0.1) is 0 Å². The van der Waals surface area contributed by atoms with Crippen molar-refractivity contribution in [3.05, 3.63) is 0 Å². The van der Waals surface area contributed by atoms with Crippen LogP contribution in [0.3, 0.4) is 0 Å². The first-order valence-electron chi connectivity index (χ1n) is 9.31. The maximum absolute atomic E-state index is 4.01. The Morgan fingerprint density at radius 3 is 2.55 bits per heavy atom. The van der Waals surface area contributed by atoms with E-state index in [0.717, 1.165) is 35.6 Å². The molecule has 1 aliphatic heterocycles. The van der Waals surface area contributed by atoms with E-state index >= 15 is 0 Å². The van der Waals surface area contributed by atoms with Crippen molar-refractivity contribution in [1.29, 1.82) is 0 Å². The van der Waals surface area contributed by atoms with E-state index in [-0.39, 0.29) is 0 Å². The predicted octanol–water partition coefficient (Wildman–Crippen LogP) is 3.13. The normalized spacial score (nSPS) is 45.1. The van der Waals surface area contributed by atoms with Crippen LogP contribution in [0, 0.1) is 29.6 Å². The smallest absolute Gasteiger partial charge is 0.0101 e. The van der Waals surface area contributed by atoms with Gasteiger partial charge in [-0.05, 0) is 94.3 Å². The molecular weight excluding hydrogens is 244 g/mol. The highest BCUT2D eigenvalue weighted by atomic mass is 15.1. The van der Waals surface area contributed by atoms with Crippen LogP contribution < -0.4 is 5.32 Å². The molecule has 1 heterocycles. The van der Waals surface area contributed by atoms with Crippen LogP contribution >= 0.6 is 0 Å². The third-order valence-corrected chi connectivity index (χ3v) is 7.25. The van der Waals surface area contributed by atoms with E-state index in [1.165, 1.54) is 51.9 Å². The Kier molecular flexibility index (Phi) is 3.80. The molecule has 5 atom stereocenters. The summed E-state index contributed by atoms with van der Waals surface area (Å²) in [5.41, 5.74) is 0. The molecule has 5 unspecified atom stereocenters. The fraction of sp³-hybridized carbons (Fsp3) is 1.00. The van der Waals surface area contributed by atoms with Gasteiger partial charge in [-0.3, -0.25) is 0 Å². The Balaban J connectivity index is 1.25. The highest BCUT2D eigenvalue weighted by Gasteiger charge is 2.53. The number of fused-ring (bicyclic) bond motifs is 5. The molecule has 3 saturated carbocycles. The molecule has 4 fully saturated rings. The molecule has 2 bridgehead atoms. The summed E-state index contributed by atoms with van der Waals surface area (Å²) < 4.78 is 0. The van der Waals surface area contributed by atoms with E-state index in [1.54, 1.807) is 19.3 Å². The first-order chi connectivity index (χ1) is 9.85. The topological polar surface area (TPSA) is 15.3 Å². The molecule has 1 saturated heterocycles. The molecule has 0 radical (unpaired) electrons. The van der Waals surface area contributed by atoms with Gasteiger partial charge in [-0.2, -0.15) is 0 Å². The molecular formula is C18H32N2. The van der Waals surface area contributed by atoms with Crippen LogP contribution in [-0.2, 0) is 0 Å². The van der Waals surface area contributed by atoms with Crippen molar-refractivity contribution >= 4 is 0 Å². The number of hydrogen-bond donors (Lipinski definition) is 1. The van der Waals surface area contributed by atoms with Crippen molar-refractivity contribution in [2.24, 2.45) is 29.6 Å². The summed E-state index contributed by atoms with van der Waals surface area (Å²) in [7, 11) is 0. The summed E-state index contributed by atoms with van der Waals surface area (Å²) in [5.74, 6) is 5.38. The largest absolute Gasteiger partial charge is 0.313 e. The summed E-state index contributed by atoms with van der Waals surface area (Å²) in [6.45, 7) is 7.53. The van der Waals surface area contributed by atoms with E-state index in [1.807, 2.05) is 0 Å². The average Bonchev–Trinajstić information content (AvgIpc) is 3.17. The summed E-state index contributed by atoms with van der Waals surface area (Å²) in [6, 6.07) is 0.892. The Morgan fingerprint density at radius 1 is 0.950 bits per heavy atom. The zero-order valence-corrected chi connectivity index (χ0v) is 13.2. The van der Waals surface area contributed by atoms with Crippen LogP contribution in [0.25, 0.3) is 0 Å². The van der Waals surface area contributed by atoms with E-state index < -0.39 is 0 Å². The van der Waals surface area contributed by atoms with Gasteiger partial charge in [0.2, 0.25) is 0 Å². The molecule has 3 aliphatic carbocycles. The molecule has 114 valence electrons. The van der Waals surface area contributed by atoms with Crippen molar-refractivity contribution in [2.75, 3.05) is 26.2 Å². The zero-order valence-electron chi connectivity index (χ0n) is 13.2. The molecule has 2 heteroatoms. The van der Waals surface area contributed by atoms with Crippen molar-refractivity contribution in [3.63, 3.8) is 0 Å². The second kappa shape index (κ2) is 5.61. The highest BCUT2D eigenvalue weighted by Crippen LogP contribution is 2.58. The number of likely N-dealkylation sites (tertiary alicyclic amines) is 1. The van der Waals surface area contributed by atoms with Crippen molar-refractivity contribution in [2.45, 2.75) is 57.9 Å². The van der Waals surface area contributed by atoms with E-state index in [9.17, 15) is 0 Å². The Morgan fingerprint density at radius 2 is 1.75 bits per heavy atom. The van der Waals surface area contributed by atoms with Crippen LogP contribution in [0.5, 0.6) is 0 Å². The van der Waals surface area contributed by atoms with Gasteiger partial charge in [-0.1, -0.05) is 13.3 Å². The summed E-state index contributed by atoms with van der Waals surface area (Å²) in [5, 5.41) is 4.01. The SMILES string of the molecule is CCN1CCC(CNC2CC3CC2C2CCCC32)CC1. The average molecular weight is 276 g/mol. The van der Waals surface area contributed by atoms with Gasteiger partial charge in [0, 0.05) is 6.04 Å². The van der Waals surface area contributed by atoms with Crippen LogP contribution in [0.4, 0.5) is 0 Å². The molecule has 20 heavy (non-hydrogen) atoms. The molecule has 0 amide bonds. The molecule has 4 rings (SSSR count). The molecule has 0 aromatic carbocycles. The van der Waals surface area contributed by atoms with Crippen LogP contribution in [0.15, 0.2) is 0 Å². The molecule has 1 N–H and O–H groups in total. The molecule has 4 aliphatic rings. The lowest BCUT2D eigenvalue weighted by atomic mass is 9.79. The van der Waals surface area contributed by atoms with Crippen LogP contribution in [-0.4, -0.2) is 37.1 Å².